The van der Waals surface area contributed by atoms with Gasteiger partial charge in [-0.25, -0.2) is 0 Å². The van der Waals surface area contributed by atoms with Gasteiger partial charge in [0.2, 0.25) is 0 Å². The lowest BCUT2D eigenvalue weighted by Gasteiger charge is -2.15. The molecular weight excluding hydrogens is 194 g/mol. The van der Waals surface area contributed by atoms with Crippen molar-refractivity contribution in [2.75, 3.05) is 13.1 Å². The van der Waals surface area contributed by atoms with Gasteiger partial charge in [-0.3, -0.25) is 0 Å². The van der Waals surface area contributed by atoms with Crippen molar-refractivity contribution in [2.45, 2.75) is 19.3 Å². The minimum Gasteiger partial charge on any atom is -0.316 e. The summed E-state index contributed by atoms with van der Waals surface area (Å²) >= 11 is 0. The second-order valence-corrected chi connectivity index (χ2v) is 4.57. The van der Waals surface area contributed by atoms with Gasteiger partial charge in [-0.1, -0.05) is 36.4 Å². The first-order valence-corrected chi connectivity index (χ1v) is 6.15. The van der Waals surface area contributed by atoms with Gasteiger partial charge in [-0.15, -0.1) is 0 Å². The molecule has 2 aromatic carbocycles. The van der Waals surface area contributed by atoms with Crippen LogP contribution in [0.25, 0.3) is 10.8 Å². The highest BCUT2D eigenvalue weighted by molar-refractivity contribution is 5.84. The number of hydrogen-bond acceptors (Lipinski definition) is 1. The third kappa shape index (κ3) is 1.83. The molecule has 82 valence electrons. The molecule has 1 nitrogen and oxygen atoms in total. The lowest BCUT2D eigenvalue weighted by Crippen LogP contribution is -2.22. The average Bonchev–Trinajstić information content (AvgIpc) is 2.29. The van der Waals surface area contributed by atoms with Gasteiger partial charge in [0.15, 0.2) is 0 Å². The molecule has 1 N–H and O–H groups in total. The first-order valence-electron chi connectivity index (χ1n) is 6.15. The highest BCUT2D eigenvalue weighted by Crippen LogP contribution is 2.22. The van der Waals surface area contributed by atoms with E-state index in [0.29, 0.717) is 0 Å². The molecule has 3 rings (SSSR count). The third-order valence-electron chi connectivity index (χ3n) is 3.44. The zero-order valence-electron chi connectivity index (χ0n) is 9.50. The van der Waals surface area contributed by atoms with Crippen molar-refractivity contribution in [3.63, 3.8) is 0 Å². The monoisotopic (exact) mass is 211 g/mol. The van der Waals surface area contributed by atoms with Crippen molar-refractivity contribution in [3.8, 4) is 0 Å². The van der Waals surface area contributed by atoms with Gasteiger partial charge in [0.25, 0.3) is 0 Å². The van der Waals surface area contributed by atoms with Crippen LogP contribution in [0.1, 0.15) is 17.5 Å². The van der Waals surface area contributed by atoms with Crippen LogP contribution >= 0.6 is 0 Å². The Morgan fingerprint density at radius 1 is 0.812 bits per heavy atom. The number of nitrogens with one attached hydrogen (secondary N) is 1. The van der Waals surface area contributed by atoms with E-state index in [4.69, 9.17) is 0 Å². The van der Waals surface area contributed by atoms with Crippen molar-refractivity contribution in [3.05, 3.63) is 47.5 Å². The fourth-order valence-corrected chi connectivity index (χ4v) is 2.55. The molecule has 2 aromatic rings. The van der Waals surface area contributed by atoms with E-state index in [-0.39, 0.29) is 0 Å². The van der Waals surface area contributed by atoms with E-state index >= 15 is 0 Å². The Morgan fingerprint density at radius 2 is 1.50 bits per heavy atom. The van der Waals surface area contributed by atoms with Crippen LogP contribution in [0.3, 0.4) is 0 Å². The molecule has 1 heterocycles. The lowest BCUT2D eigenvalue weighted by atomic mass is 9.95. The molecule has 1 heteroatoms. The van der Waals surface area contributed by atoms with E-state index in [1.165, 1.54) is 35.6 Å². The number of fused-ring (bicyclic) bond motifs is 2. The summed E-state index contributed by atoms with van der Waals surface area (Å²) in [5, 5.41) is 6.24. The molecule has 0 fully saturated rings. The summed E-state index contributed by atoms with van der Waals surface area (Å²) in [6.07, 6.45) is 3.64. The standard InChI is InChI=1S/C15H17N/c1-2-5-13-11-15-7-9-16-8-3-6-14(15)10-12(13)4-1/h1-2,4-5,10-11,16H,3,6-9H2. The van der Waals surface area contributed by atoms with Crippen LogP contribution in [0.4, 0.5) is 0 Å². The quantitative estimate of drug-likeness (QED) is 0.706. The zero-order valence-corrected chi connectivity index (χ0v) is 9.50. The topological polar surface area (TPSA) is 12.0 Å². The van der Waals surface area contributed by atoms with E-state index in [2.05, 4.69) is 41.7 Å². The fraction of sp³-hybridized carbons (Fsp3) is 0.333. The smallest absolute Gasteiger partial charge is 0.000824 e. The first kappa shape index (κ1) is 9.86. The summed E-state index contributed by atoms with van der Waals surface area (Å²) < 4.78 is 0. The van der Waals surface area contributed by atoms with Crippen LogP contribution in [0.5, 0.6) is 0 Å². The molecule has 0 unspecified atom stereocenters. The summed E-state index contributed by atoms with van der Waals surface area (Å²) in [7, 11) is 0. The molecule has 0 saturated heterocycles. The summed E-state index contributed by atoms with van der Waals surface area (Å²) in [4.78, 5) is 0. The molecular formula is C15H17N. The largest absolute Gasteiger partial charge is 0.316 e. The normalized spacial score (nSPS) is 16.5. The highest BCUT2D eigenvalue weighted by atomic mass is 14.8. The molecule has 1 aliphatic heterocycles. The molecule has 0 spiro atoms. The van der Waals surface area contributed by atoms with Crippen LogP contribution in [0.15, 0.2) is 36.4 Å². The van der Waals surface area contributed by atoms with E-state index in [1.807, 2.05) is 0 Å². The van der Waals surface area contributed by atoms with Crippen LogP contribution in [-0.2, 0) is 12.8 Å². The first-order chi connectivity index (χ1) is 7.93. The van der Waals surface area contributed by atoms with Crippen molar-refractivity contribution >= 4 is 10.8 Å². The Balaban J connectivity index is 2.12. The Kier molecular flexibility index (Phi) is 2.63. The van der Waals surface area contributed by atoms with Gasteiger partial charge in [0.1, 0.15) is 0 Å². The SMILES string of the molecule is c1ccc2cc3c(cc2c1)CCCNCC3. The van der Waals surface area contributed by atoms with Gasteiger partial charge >= 0.3 is 0 Å². The van der Waals surface area contributed by atoms with Crippen LogP contribution < -0.4 is 5.32 Å². The van der Waals surface area contributed by atoms with Gasteiger partial charge in [-0.2, -0.15) is 0 Å². The average molecular weight is 211 g/mol. The number of aryl methyl sites for hydroxylation is 1. The molecule has 0 radical (unpaired) electrons. The molecule has 0 aromatic heterocycles. The predicted molar refractivity (Wildman–Crippen MR) is 68.8 cm³/mol. The molecule has 0 bridgehead atoms. The van der Waals surface area contributed by atoms with Crippen molar-refractivity contribution in [1.82, 2.24) is 5.32 Å². The van der Waals surface area contributed by atoms with Crippen molar-refractivity contribution < 1.29 is 0 Å². The summed E-state index contributed by atoms with van der Waals surface area (Å²) in [6.45, 7) is 2.28. The summed E-state index contributed by atoms with van der Waals surface area (Å²) in [5.74, 6) is 0. The molecule has 0 amide bonds. The number of rotatable bonds is 0. The number of benzene rings is 2. The molecule has 0 saturated carbocycles. The van der Waals surface area contributed by atoms with Gasteiger partial charge in [0, 0.05) is 0 Å². The Bertz CT molecular complexity index is 455. The maximum Gasteiger partial charge on any atom is -0.000824 e. The molecule has 0 aliphatic carbocycles. The Hall–Kier alpha value is -1.34. The Labute approximate surface area is 96.5 Å². The molecule has 16 heavy (non-hydrogen) atoms. The summed E-state index contributed by atoms with van der Waals surface area (Å²) in [5.41, 5.74) is 3.09. The van der Waals surface area contributed by atoms with Gasteiger partial charge in [0.05, 0.1) is 0 Å². The predicted octanol–water partition coefficient (Wildman–Crippen LogP) is 2.92. The fourth-order valence-electron chi connectivity index (χ4n) is 2.55. The minimum atomic E-state index is 1.12. The van der Waals surface area contributed by atoms with E-state index < -0.39 is 0 Å². The molecule has 1 aliphatic rings. The van der Waals surface area contributed by atoms with Crippen LogP contribution in [0.2, 0.25) is 0 Å². The van der Waals surface area contributed by atoms with Crippen LogP contribution in [-0.4, -0.2) is 13.1 Å². The lowest BCUT2D eigenvalue weighted by molar-refractivity contribution is 0.626. The third-order valence-corrected chi connectivity index (χ3v) is 3.44. The maximum absolute atomic E-state index is 3.48. The van der Waals surface area contributed by atoms with Crippen molar-refractivity contribution in [1.29, 1.82) is 0 Å². The second kappa shape index (κ2) is 4.26. The highest BCUT2D eigenvalue weighted by Gasteiger charge is 2.07. The maximum atomic E-state index is 3.48. The minimum absolute atomic E-state index is 1.12. The zero-order chi connectivity index (χ0) is 10.8. The van der Waals surface area contributed by atoms with E-state index in [9.17, 15) is 0 Å². The van der Waals surface area contributed by atoms with E-state index in [1.54, 1.807) is 5.56 Å². The Morgan fingerprint density at radius 3 is 2.25 bits per heavy atom. The summed E-state index contributed by atoms with van der Waals surface area (Å²) in [6, 6.07) is 13.4. The van der Waals surface area contributed by atoms with Crippen molar-refractivity contribution in [2.24, 2.45) is 0 Å². The molecule has 0 atom stereocenters. The van der Waals surface area contributed by atoms with Gasteiger partial charge in [-0.05, 0) is 54.3 Å². The number of hydrogen-bond donors (Lipinski definition) is 1. The van der Waals surface area contributed by atoms with Gasteiger partial charge < -0.3 is 5.32 Å². The second-order valence-electron chi connectivity index (χ2n) is 4.57. The van der Waals surface area contributed by atoms with Crippen LogP contribution in [0, 0.1) is 0 Å². The van der Waals surface area contributed by atoms with E-state index in [0.717, 1.165) is 13.1 Å².